The summed E-state index contributed by atoms with van der Waals surface area (Å²) in [5.41, 5.74) is 2.74. The van der Waals surface area contributed by atoms with E-state index in [1.54, 1.807) is 19.1 Å². The number of aliphatic hydroxyl groups is 1. The second-order valence-corrected chi connectivity index (χ2v) is 10.4. The van der Waals surface area contributed by atoms with Gasteiger partial charge in [-0.3, -0.25) is 4.79 Å². The molecule has 0 bridgehead atoms. The molecule has 0 radical (unpaired) electrons. The first-order valence-corrected chi connectivity index (χ1v) is 13.1. The molecule has 2 aromatic rings. The number of piperazine rings is 1. The number of aliphatic hydroxyl groups excluding tert-OH is 1. The van der Waals surface area contributed by atoms with Gasteiger partial charge >= 0.3 is 6.09 Å². The largest absolute Gasteiger partial charge is 0.493 e. The molecule has 2 N–H and O–H groups in total. The summed E-state index contributed by atoms with van der Waals surface area (Å²) in [6.07, 6.45) is 0.858. The molecule has 0 aromatic heterocycles. The summed E-state index contributed by atoms with van der Waals surface area (Å²) in [5.74, 6) is 1.04. The molecule has 9 nitrogen and oxygen atoms in total. The van der Waals surface area contributed by atoms with Gasteiger partial charge in [0.2, 0.25) is 0 Å². The van der Waals surface area contributed by atoms with Crippen LogP contribution in [-0.4, -0.2) is 74.6 Å². The number of hydrogen-bond acceptors (Lipinski definition) is 7. The fourth-order valence-electron chi connectivity index (χ4n) is 4.41. The van der Waals surface area contributed by atoms with Gasteiger partial charge in [0.1, 0.15) is 5.60 Å². The van der Waals surface area contributed by atoms with Gasteiger partial charge in [-0.15, -0.1) is 0 Å². The van der Waals surface area contributed by atoms with Gasteiger partial charge < -0.3 is 34.4 Å². The molecule has 1 heterocycles. The number of ether oxygens (including phenoxy) is 3. The van der Waals surface area contributed by atoms with Gasteiger partial charge in [0.15, 0.2) is 11.5 Å². The molecule has 0 aliphatic carbocycles. The Morgan fingerprint density at radius 2 is 1.68 bits per heavy atom. The van der Waals surface area contributed by atoms with Crippen molar-refractivity contribution in [2.75, 3.05) is 51.9 Å². The van der Waals surface area contributed by atoms with Gasteiger partial charge in [-0.1, -0.05) is 12.1 Å². The Morgan fingerprint density at radius 3 is 2.29 bits per heavy atom. The van der Waals surface area contributed by atoms with Crippen LogP contribution < -0.4 is 19.7 Å². The first-order chi connectivity index (χ1) is 18.1. The molecule has 1 atom stereocenters. The topological polar surface area (TPSA) is 101 Å². The van der Waals surface area contributed by atoms with Gasteiger partial charge in [0.25, 0.3) is 5.91 Å². The van der Waals surface area contributed by atoms with Crippen molar-refractivity contribution in [3.8, 4) is 11.5 Å². The Kier molecular flexibility index (Phi) is 9.85. The van der Waals surface area contributed by atoms with E-state index < -0.39 is 5.60 Å². The smallest absolute Gasteiger partial charge is 0.410 e. The third kappa shape index (κ3) is 7.54. The van der Waals surface area contributed by atoms with Crippen molar-refractivity contribution in [2.45, 2.75) is 52.2 Å². The Labute approximate surface area is 225 Å². The zero-order chi connectivity index (χ0) is 27.9. The van der Waals surface area contributed by atoms with Crippen molar-refractivity contribution < 1.29 is 28.9 Å². The van der Waals surface area contributed by atoms with E-state index in [-0.39, 0.29) is 24.6 Å². The quantitative estimate of drug-likeness (QED) is 0.505. The normalized spacial score (nSPS) is 14.6. The van der Waals surface area contributed by atoms with Crippen molar-refractivity contribution in [3.63, 3.8) is 0 Å². The molecule has 0 spiro atoms. The van der Waals surface area contributed by atoms with E-state index >= 15 is 0 Å². The van der Waals surface area contributed by atoms with Gasteiger partial charge in [-0.25, -0.2) is 4.79 Å². The highest BCUT2D eigenvalue weighted by Gasteiger charge is 2.26. The number of benzene rings is 2. The van der Waals surface area contributed by atoms with Crippen LogP contribution in [0.3, 0.4) is 0 Å². The van der Waals surface area contributed by atoms with Crippen molar-refractivity contribution in [1.29, 1.82) is 0 Å². The highest BCUT2D eigenvalue weighted by atomic mass is 16.6. The van der Waals surface area contributed by atoms with Crippen LogP contribution in [0.4, 0.5) is 10.5 Å². The number of anilines is 1. The summed E-state index contributed by atoms with van der Waals surface area (Å²) in [6, 6.07) is 11.2. The number of carbonyl (C=O) groups excluding carboxylic acids is 2. The molecule has 3 rings (SSSR count). The fourth-order valence-corrected chi connectivity index (χ4v) is 4.41. The summed E-state index contributed by atoms with van der Waals surface area (Å²) in [4.78, 5) is 29.8. The van der Waals surface area contributed by atoms with Gasteiger partial charge in [0.05, 0.1) is 20.3 Å². The molecule has 0 saturated carbocycles. The molecule has 0 unspecified atom stereocenters. The molecular formula is C29H41N3O6. The maximum absolute atomic E-state index is 13.5. The van der Waals surface area contributed by atoms with Crippen LogP contribution >= 0.6 is 0 Å². The maximum atomic E-state index is 13.5. The van der Waals surface area contributed by atoms with Gasteiger partial charge in [-0.2, -0.15) is 0 Å². The number of nitrogens with zero attached hydrogens (tertiary/aromatic N) is 2. The number of aryl methyl sites for hydroxylation is 1. The maximum Gasteiger partial charge on any atom is 0.410 e. The van der Waals surface area contributed by atoms with Crippen molar-refractivity contribution >= 4 is 17.7 Å². The molecule has 38 heavy (non-hydrogen) atoms. The predicted molar refractivity (Wildman–Crippen MR) is 147 cm³/mol. The van der Waals surface area contributed by atoms with Crippen molar-refractivity contribution in [1.82, 2.24) is 10.2 Å². The van der Waals surface area contributed by atoms with Crippen LogP contribution in [0.25, 0.3) is 0 Å². The summed E-state index contributed by atoms with van der Waals surface area (Å²) >= 11 is 0. The van der Waals surface area contributed by atoms with E-state index in [0.29, 0.717) is 56.1 Å². The molecule has 9 heteroatoms. The van der Waals surface area contributed by atoms with E-state index in [0.717, 1.165) is 16.8 Å². The lowest BCUT2D eigenvalue weighted by Gasteiger charge is -2.37. The lowest BCUT2D eigenvalue weighted by molar-refractivity contribution is 0.0240. The average Bonchev–Trinajstić information content (AvgIpc) is 2.90. The SMILES string of the molecule is COc1ccc([C@@H](C)NC(=O)c2cc(N3CCN(C(=O)OC(C)(C)C)CC3)ccc2CCCO)cc1OC. The zero-order valence-corrected chi connectivity index (χ0v) is 23.4. The minimum Gasteiger partial charge on any atom is -0.493 e. The number of amides is 2. The minimum absolute atomic E-state index is 0.0531. The van der Waals surface area contributed by atoms with Crippen LogP contribution in [0, 0.1) is 0 Å². The second-order valence-electron chi connectivity index (χ2n) is 10.4. The van der Waals surface area contributed by atoms with Crippen LogP contribution in [-0.2, 0) is 11.2 Å². The number of rotatable bonds is 9. The Balaban J connectivity index is 1.75. The summed E-state index contributed by atoms with van der Waals surface area (Å²) in [5, 5.41) is 12.5. The summed E-state index contributed by atoms with van der Waals surface area (Å²) < 4.78 is 16.2. The highest BCUT2D eigenvalue weighted by molar-refractivity contribution is 5.97. The van der Waals surface area contributed by atoms with Crippen LogP contribution in [0.5, 0.6) is 11.5 Å². The molecule has 1 saturated heterocycles. The van der Waals surface area contributed by atoms with Crippen LogP contribution in [0.2, 0.25) is 0 Å². The highest BCUT2D eigenvalue weighted by Crippen LogP contribution is 2.30. The first kappa shape index (κ1) is 29.1. The predicted octanol–water partition coefficient (Wildman–Crippen LogP) is 4.18. The Bertz CT molecular complexity index is 1110. The Hall–Kier alpha value is -3.46. The molecule has 1 aliphatic rings. The molecule has 2 amide bonds. The van der Waals surface area contributed by atoms with E-state index in [1.807, 2.05) is 64.1 Å². The summed E-state index contributed by atoms with van der Waals surface area (Å²) in [6.45, 7) is 9.91. The van der Waals surface area contributed by atoms with Crippen LogP contribution in [0.15, 0.2) is 36.4 Å². The zero-order valence-electron chi connectivity index (χ0n) is 23.4. The molecule has 2 aromatic carbocycles. The van der Waals surface area contributed by atoms with Crippen LogP contribution in [0.1, 0.15) is 61.6 Å². The molecule has 1 fully saturated rings. The standard InChI is InChI=1S/C29H41N3O6/c1-20(22-10-12-25(36-5)26(18-22)37-6)30-27(34)24-19-23(11-9-21(24)8-7-17-33)31-13-15-32(16-14-31)28(35)38-29(2,3)4/h9-12,18-20,33H,7-8,13-17H2,1-6H3,(H,30,34)/t20-/m1/s1. The molecule has 208 valence electrons. The lowest BCUT2D eigenvalue weighted by atomic mass is 9.99. The third-order valence-corrected chi connectivity index (χ3v) is 6.49. The van der Waals surface area contributed by atoms with E-state index in [4.69, 9.17) is 14.2 Å². The fraction of sp³-hybridized carbons (Fsp3) is 0.517. The van der Waals surface area contributed by atoms with Crippen molar-refractivity contribution in [3.05, 3.63) is 53.1 Å². The second kappa shape index (κ2) is 12.9. The third-order valence-electron chi connectivity index (χ3n) is 6.49. The van der Waals surface area contributed by atoms with Gasteiger partial charge in [0, 0.05) is 44.0 Å². The van der Waals surface area contributed by atoms with E-state index in [9.17, 15) is 14.7 Å². The van der Waals surface area contributed by atoms with Gasteiger partial charge in [-0.05, 0) is 75.9 Å². The van der Waals surface area contributed by atoms with Crippen molar-refractivity contribution in [2.24, 2.45) is 0 Å². The van der Waals surface area contributed by atoms with E-state index in [2.05, 4.69) is 10.2 Å². The number of hydrogen-bond donors (Lipinski definition) is 2. The monoisotopic (exact) mass is 527 g/mol. The number of carbonyl (C=O) groups is 2. The average molecular weight is 528 g/mol. The lowest BCUT2D eigenvalue weighted by Crippen LogP contribution is -2.50. The molecular weight excluding hydrogens is 486 g/mol. The molecule has 1 aliphatic heterocycles. The first-order valence-electron chi connectivity index (χ1n) is 13.1. The van der Waals surface area contributed by atoms with E-state index in [1.165, 1.54) is 0 Å². The number of nitrogens with one attached hydrogen (secondary N) is 1. The number of methoxy groups -OCH3 is 2. The minimum atomic E-state index is -0.533. The Morgan fingerprint density at radius 1 is 1.00 bits per heavy atom. The summed E-state index contributed by atoms with van der Waals surface area (Å²) in [7, 11) is 3.16.